The topological polar surface area (TPSA) is 85.6 Å². The van der Waals surface area contributed by atoms with E-state index >= 15 is 0 Å². The highest BCUT2D eigenvalue weighted by Gasteiger charge is 2.14. The Morgan fingerprint density at radius 2 is 2.07 bits per heavy atom. The zero-order chi connectivity index (χ0) is 18.8. The quantitative estimate of drug-likeness (QED) is 0.406. The van der Waals surface area contributed by atoms with E-state index in [1.54, 1.807) is 18.3 Å². The van der Waals surface area contributed by atoms with Crippen LogP contribution < -0.4 is 5.32 Å². The number of carbonyl (C=O) groups is 1. The molecule has 4 aromatic rings. The number of hydrogen-bond donors (Lipinski definition) is 1. The zero-order valence-corrected chi connectivity index (χ0v) is 16.0. The van der Waals surface area contributed by atoms with Crippen molar-refractivity contribution in [1.29, 1.82) is 0 Å². The van der Waals surface area contributed by atoms with Crippen LogP contribution in [-0.2, 0) is 11.3 Å². The van der Waals surface area contributed by atoms with Gasteiger partial charge in [0.05, 0.1) is 17.0 Å². The number of carbonyl (C=O) groups excluding carboxylic acids is 1. The van der Waals surface area contributed by atoms with E-state index < -0.39 is 0 Å². The van der Waals surface area contributed by atoms with Crippen molar-refractivity contribution in [2.45, 2.75) is 18.6 Å². The lowest BCUT2D eigenvalue weighted by Crippen LogP contribution is -2.15. The summed E-state index contributed by atoms with van der Waals surface area (Å²) >= 11 is 7.18. The second-order valence-corrected chi connectivity index (χ2v) is 7.01. The minimum Gasteiger partial charge on any atom is -0.324 e. The summed E-state index contributed by atoms with van der Waals surface area (Å²) in [5.74, 6) is -0.0697. The molecule has 0 aliphatic rings. The molecular formula is C18H15ClN6OS. The molecule has 0 saturated heterocycles. The minimum atomic E-state index is -0.213. The zero-order valence-electron chi connectivity index (χ0n) is 14.4. The SMILES string of the molecule is CCn1c2ccccc2c2nnc(SCC(=O)Nc3cccnc3Cl)nc21. The lowest BCUT2D eigenvalue weighted by atomic mass is 10.2. The van der Waals surface area contributed by atoms with Crippen LogP contribution in [0.5, 0.6) is 0 Å². The number of hydrogen-bond acceptors (Lipinski definition) is 6. The van der Waals surface area contributed by atoms with E-state index in [-0.39, 0.29) is 16.8 Å². The molecule has 0 atom stereocenters. The van der Waals surface area contributed by atoms with Crippen molar-refractivity contribution in [1.82, 2.24) is 24.7 Å². The third-order valence-corrected chi connectivity index (χ3v) is 5.18. The van der Waals surface area contributed by atoms with Gasteiger partial charge in [-0.05, 0) is 25.1 Å². The Bertz CT molecular complexity index is 1150. The molecule has 27 heavy (non-hydrogen) atoms. The number of amides is 1. The predicted octanol–water partition coefficient (Wildman–Crippen LogP) is 3.78. The molecule has 136 valence electrons. The summed E-state index contributed by atoms with van der Waals surface area (Å²) in [6.45, 7) is 2.83. The number of halogens is 1. The summed E-state index contributed by atoms with van der Waals surface area (Å²) in [4.78, 5) is 20.7. The number of rotatable bonds is 5. The second-order valence-electron chi connectivity index (χ2n) is 5.71. The number of para-hydroxylation sites is 1. The Balaban J connectivity index is 1.55. The maximum absolute atomic E-state index is 12.2. The highest BCUT2D eigenvalue weighted by molar-refractivity contribution is 7.99. The van der Waals surface area contributed by atoms with Crippen molar-refractivity contribution in [3.63, 3.8) is 0 Å². The fourth-order valence-electron chi connectivity index (χ4n) is 2.87. The van der Waals surface area contributed by atoms with Crippen LogP contribution in [0.2, 0.25) is 5.15 Å². The number of thioether (sulfide) groups is 1. The van der Waals surface area contributed by atoms with Crippen LogP contribution in [0.4, 0.5) is 5.69 Å². The Labute approximate surface area is 164 Å². The summed E-state index contributed by atoms with van der Waals surface area (Å²) in [5, 5.41) is 13.0. The fraction of sp³-hybridized carbons (Fsp3) is 0.167. The van der Waals surface area contributed by atoms with Crippen molar-refractivity contribution >= 4 is 57.0 Å². The molecule has 0 unspecified atom stereocenters. The first kappa shape index (κ1) is 17.7. The van der Waals surface area contributed by atoms with Gasteiger partial charge < -0.3 is 9.88 Å². The van der Waals surface area contributed by atoms with Crippen LogP contribution in [0.15, 0.2) is 47.8 Å². The van der Waals surface area contributed by atoms with Crippen LogP contribution in [0.3, 0.4) is 0 Å². The lowest BCUT2D eigenvalue weighted by Gasteiger charge is -2.06. The molecule has 0 saturated carbocycles. The van der Waals surface area contributed by atoms with E-state index in [0.717, 1.165) is 28.6 Å². The number of nitrogens with one attached hydrogen (secondary N) is 1. The van der Waals surface area contributed by atoms with Crippen molar-refractivity contribution in [2.24, 2.45) is 0 Å². The standard InChI is InChI=1S/C18H15ClN6OS/c1-2-25-13-8-4-3-6-11(13)15-17(25)22-18(24-23-15)27-10-14(26)21-12-7-5-9-20-16(12)19/h3-9H,2,10H2,1H3,(H,21,26). The van der Waals surface area contributed by atoms with Gasteiger partial charge in [0.2, 0.25) is 11.1 Å². The van der Waals surface area contributed by atoms with Crippen LogP contribution in [-0.4, -0.2) is 36.4 Å². The summed E-state index contributed by atoms with van der Waals surface area (Å²) in [6, 6.07) is 11.4. The van der Waals surface area contributed by atoms with Crippen LogP contribution in [0.25, 0.3) is 22.1 Å². The average molecular weight is 399 g/mol. The molecule has 0 aliphatic heterocycles. The molecule has 0 fully saturated rings. The molecule has 0 radical (unpaired) electrons. The van der Waals surface area contributed by atoms with Crippen LogP contribution in [0.1, 0.15) is 6.92 Å². The van der Waals surface area contributed by atoms with Gasteiger partial charge in [-0.1, -0.05) is 41.6 Å². The molecule has 9 heteroatoms. The summed E-state index contributed by atoms with van der Waals surface area (Å²) in [5.41, 5.74) is 3.09. The molecule has 4 rings (SSSR count). The van der Waals surface area contributed by atoms with Gasteiger partial charge in [0.1, 0.15) is 5.52 Å². The number of nitrogens with zero attached hydrogens (tertiary/aromatic N) is 5. The lowest BCUT2D eigenvalue weighted by molar-refractivity contribution is -0.113. The Kier molecular flexibility index (Phi) is 4.91. The number of pyridine rings is 1. The highest BCUT2D eigenvalue weighted by Crippen LogP contribution is 2.27. The average Bonchev–Trinajstić information content (AvgIpc) is 3.01. The maximum atomic E-state index is 12.2. The molecule has 1 N–H and O–H groups in total. The largest absolute Gasteiger partial charge is 0.324 e. The Morgan fingerprint density at radius 3 is 2.89 bits per heavy atom. The number of benzene rings is 1. The number of aromatic nitrogens is 5. The molecule has 3 aromatic heterocycles. The van der Waals surface area contributed by atoms with Crippen molar-refractivity contribution in [3.05, 3.63) is 47.7 Å². The summed E-state index contributed by atoms with van der Waals surface area (Å²) in [7, 11) is 0. The number of aryl methyl sites for hydroxylation is 1. The van der Waals surface area contributed by atoms with Gasteiger partial charge in [-0.25, -0.2) is 9.97 Å². The number of anilines is 1. The molecular weight excluding hydrogens is 384 g/mol. The predicted molar refractivity (Wildman–Crippen MR) is 107 cm³/mol. The first-order valence-corrected chi connectivity index (χ1v) is 9.68. The van der Waals surface area contributed by atoms with E-state index in [0.29, 0.717) is 10.8 Å². The maximum Gasteiger partial charge on any atom is 0.234 e. The van der Waals surface area contributed by atoms with Gasteiger partial charge in [-0.15, -0.1) is 10.2 Å². The van der Waals surface area contributed by atoms with E-state index in [2.05, 4.69) is 37.0 Å². The third kappa shape index (κ3) is 3.45. The van der Waals surface area contributed by atoms with E-state index in [4.69, 9.17) is 11.6 Å². The van der Waals surface area contributed by atoms with E-state index in [1.807, 2.05) is 24.3 Å². The Morgan fingerprint density at radius 1 is 1.22 bits per heavy atom. The monoisotopic (exact) mass is 398 g/mol. The molecule has 7 nitrogen and oxygen atoms in total. The molecule has 3 heterocycles. The van der Waals surface area contributed by atoms with Gasteiger partial charge >= 0.3 is 0 Å². The third-order valence-electron chi connectivity index (χ3n) is 4.04. The van der Waals surface area contributed by atoms with Crippen molar-refractivity contribution in [3.8, 4) is 0 Å². The molecule has 1 amide bonds. The Hall–Kier alpha value is -2.71. The van der Waals surface area contributed by atoms with Gasteiger partial charge in [0.25, 0.3) is 0 Å². The minimum absolute atomic E-state index is 0.144. The van der Waals surface area contributed by atoms with Gasteiger partial charge in [0.15, 0.2) is 10.8 Å². The van der Waals surface area contributed by atoms with E-state index in [1.165, 1.54) is 11.8 Å². The molecule has 0 spiro atoms. The second kappa shape index (κ2) is 7.50. The van der Waals surface area contributed by atoms with Gasteiger partial charge in [-0.3, -0.25) is 4.79 Å². The first-order chi connectivity index (χ1) is 13.2. The molecule has 1 aromatic carbocycles. The van der Waals surface area contributed by atoms with Crippen LogP contribution >= 0.6 is 23.4 Å². The molecule has 0 aliphatic carbocycles. The smallest absolute Gasteiger partial charge is 0.234 e. The first-order valence-electron chi connectivity index (χ1n) is 8.32. The normalized spacial score (nSPS) is 11.2. The van der Waals surface area contributed by atoms with Crippen molar-refractivity contribution < 1.29 is 4.79 Å². The summed E-state index contributed by atoms with van der Waals surface area (Å²) in [6.07, 6.45) is 1.56. The fourth-order valence-corrected chi connectivity index (χ4v) is 3.61. The van der Waals surface area contributed by atoms with Gasteiger partial charge in [0, 0.05) is 18.1 Å². The van der Waals surface area contributed by atoms with Crippen LogP contribution in [0, 0.1) is 0 Å². The summed E-state index contributed by atoms with van der Waals surface area (Å²) < 4.78 is 2.10. The van der Waals surface area contributed by atoms with Gasteiger partial charge in [-0.2, -0.15) is 0 Å². The number of fused-ring (bicyclic) bond motifs is 3. The highest BCUT2D eigenvalue weighted by atomic mass is 35.5. The van der Waals surface area contributed by atoms with Crippen molar-refractivity contribution in [2.75, 3.05) is 11.1 Å². The molecule has 0 bridgehead atoms. The van der Waals surface area contributed by atoms with E-state index in [9.17, 15) is 4.79 Å².